The van der Waals surface area contributed by atoms with E-state index in [1.165, 1.54) is 0 Å². The number of rotatable bonds is 2. The number of nitrogens with two attached hydrogens (primary N) is 1. The Bertz CT molecular complexity index is 536. The van der Waals surface area contributed by atoms with Crippen LogP contribution in [0, 0.1) is 6.92 Å². The average Bonchev–Trinajstić information content (AvgIpc) is 2.32. The highest BCUT2D eigenvalue weighted by Crippen LogP contribution is 2.36. The zero-order valence-electron chi connectivity index (χ0n) is 9.57. The summed E-state index contributed by atoms with van der Waals surface area (Å²) >= 11 is 0. The van der Waals surface area contributed by atoms with E-state index in [1.54, 1.807) is 14.2 Å². The molecule has 2 aromatic rings. The molecule has 4 nitrogen and oxygen atoms in total. The predicted octanol–water partition coefficient (Wildman–Crippen LogP) is 2.14. The van der Waals surface area contributed by atoms with Gasteiger partial charge in [0.2, 0.25) is 5.88 Å². The van der Waals surface area contributed by atoms with E-state index in [9.17, 15) is 0 Å². The molecule has 0 saturated carbocycles. The van der Waals surface area contributed by atoms with Crippen molar-refractivity contribution in [3.8, 4) is 11.6 Å². The van der Waals surface area contributed by atoms with Crippen molar-refractivity contribution in [1.82, 2.24) is 4.98 Å². The van der Waals surface area contributed by atoms with Crippen molar-refractivity contribution in [2.45, 2.75) is 6.92 Å². The van der Waals surface area contributed by atoms with Gasteiger partial charge in [-0.15, -0.1) is 0 Å². The molecule has 1 aromatic heterocycles. The monoisotopic (exact) mass is 218 g/mol. The van der Waals surface area contributed by atoms with Crippen LogP contribution >= 0.6 is 0 Å². The number of nitrogens with zero attached hydrogens (tertiary/aromatic N) is 1. The minimum Gasteiger partial charge on any atom is -0.496 e. The number of pyridine rings is 1. The van der Waals surface area contributed by atoms with Crippen molar-refractivity contribution >= 4 is 16.5 Å². The first-order valence-corrected chi connectivity index (χ1v) is 4.95. The molecule has 2 rings (SSSR count). The summed E-state index contributed by atoms with van der Waals surface area (Å²) in [4.78, 5) is 4.29. The van der Waals surface area contributed by atoms with E-state index in [2.05, 4.69) is 4.98 Å². The highest BCUT2D eigenvalue weighted by atomic mass is 16.5. The van der Waals surface area contributed by atoms with Crippen molar-refractivity contribution in [3.05, 3.63) is 23.9 Å². The van der Waals surface area contributed by atoms with Crippen LogP contribution in [-0.4, -0.2) is 19.2 Å². The molecule has 1 aromatic carbocycles. The van der Waals surface area contributed by atoms with E-state index in [0.717, 1.165) is 22.2 Å². The van der Waals surface area contributed by atoms with Crippen LogP contribution in [0.25, 0.3) is 10.8 Å². The van der Waals surface area contributed by atoms with Crippen LogP contribution in [0.1, 0.15) is 5.69 Å². The lowest BCUT2D eigenvalue weighted by Gasteiger charge is -2.12. The molecule has 0 amide bonds. The number of hydrogen-bond donors (Lipinski definition) is 1. The van der Waals surface area contributed by atoms with Gasteiger partial charge in [-0.3, -0.25) is 0 Å². The van der Waals surface area contributed by atoms with Crippen LogP contribution in [0.4, 0.5) is 5.69 Å². The standard InChI is InChI=1S/C12H14N2O2/c1-7-11(13)10-8(12(14-7)16-3)5-4-6-9(10)15-2/h4-6H,13H2,1-3H3. The van der Waals surface area contributed by atoms with Gasteiger partial charge in [-0.25, -0.2) is 4.98 Å². The Kier molecular flexibility index (Phi) is 2.56. The Hall–Kier alpha value is -1.97. The molecule has 4 heteroatoms. The Labute approximate surface area is 94.0 Å². The number of aromatic nitrogens is 1. The fourth-order valence-electron chi connectivity index (χ4n) is 1.77. The lowest BCUT2D eigenvalue weighted by Crippen LogP contribution is -1.99. The van der Waals surface area contributed by atoms with Crippen molar-refractivity contribution in [2.75, 3.05) is 20.0 Å². The molecular formula is C12H14N2O2. The maximum absolute atomic E-state index is 6.02. The highest BCUT2D eigenvalue weighted by molar-refractivity contribution is 6.01. The lowest BCUT2D eigenvalue weighted by atomic mass is 10.1. The molecule has 0 fully saturated rings. The second-order valence-corrected chi connectivity index (χ2v) is 3.50. The second-order valence-electron chi connectivity index (χ2n) is 3.50. The first-order chi connectivity index (χ1) is 7.69. The molecular weight excluding hydrogens is 204 g/mol. The molecule has 2 N–H and O–H groups in total. The molecule has 0 aliphatic rings. The topological polar surface area (TPSA) is 57.4 Å². The van der Waals surface area contributed by atoms with Crippen LogP contribution in [-0.2, 0) is 0 Å². The molecule has 0 unspecified atom stereocenters. The van der Waals surface area contributed by atoms with Crippen molar-refractivity contribution in [3.63, 3.8) is 0 Å². The number of nitrogen functional groups attached to an aromatic ring is 1. The van der Waals surface area contributed by atoms with Gasteiger partial charge in [-0.2, -0.15) is 0 Å². The van der Waals surface area contributed by atoms with Crippen LogP contribution < -0.4 is 15.2 Å². The fourth-order valence-corrected chi connectivity index (χ4v) is 1.77. The summed E-state index contributed by atoms with van der Waals surface area (Å²) in [6.07, 6.45) is 0. The van der Waals surface area contributed by atoms with E-state index in [-0.39, 0.29) is 0 Å². The van der Waals surface area contributed by atoms with Gasteiger partial charge in [0, 0.05) is 5.39 Å². The van der Waals surface area contributed by atoms with Gasteiger partial charge in [0.15, 0.2) is 0 Å². The zero-order chi connectivity index (χ0) is 11.7. The van der Waals surface area contributed by atoms with E-state index in [1.807, 2.05) is 25.1 Å². The first kappa shape index (κ1) is 10.5. The third kappa shape index (κ3) is 1.43. The van der Waals surface area contributed by atoms with E-state index >= 15 is 0 Å². The van der Waals surface area contributed by atoms with Gasteiger partial charge in [-0.05, 0) is 19.1 Å². The molecule has 0 saturated heterocycles. The smallest absolute Gasteiger partial charge is 0.221 e. The summed E-state index contributed by atoms with van der Waals surface area (Å²) in [5, 5.41) is 1.72. The summed E-state index contributed by atoms with van der Waals surface area (Å²) in [6, 6.07) is 5.68. The Morgan fingerprint density at radius 2 is 1.94 bits per heavy atom. The molecule has 84 valence electrons. The van der Waals surface area contributed by atoms with Crippen LogP contribution in [0.3, 0.4) is 0 Å². The highest BCUT2D eigenvalue weighted by Gasteiger charge is 2.13. The SMILES string of the molecule is COc1nc(C)c(N)c2c(OC)cccc12. The van der Waals surface area contributed by atoms with Crippen molar-refractivity contribution in [2.24, 2.45) is 0 Å². The van der Waals surface area contributed by atoms with Crippen molar-refractivity contribution < 1.29 is 9.47 Å². The van der Waals surface area contributed by atoms with Gasteiger partial charge in [-0.1, -0.05) is 6.07 Å². The number of benzene rings is 1. The number of anilines is 1. The molecule has 0 aliphatic carbocycles. The Balaban J connectivity index is 2.92. The maximum Gasteiger partial charge on any atom is 0.221 e. The number of methoxy groups -OCH3 is 2. The minimum absolute atomic E-state index is 0.570. The minimum atomic E-state index is 0.570. The summed E-state index contributed by atoms with van der Waals surface area (Å²) in [5.74, 6) is 1.31. The van der Waals surface area contributed by atoms with E-state index in [4.69, 9.17) is 15.2 Å². The van der Waals surface area contributed by atoms with E-state index < -0.39 is 0 Å². The zero-order valence-corrected chi connectivity index (χ0v) is 9.57. The molecule has 0 bridgehead atoms. The van der Waals surface area contributed by atoms with Crippen LogP contribution in [0.5, 0.6) is 11.6 Å². The van der Waals surface area contributed by atoms with Gasteiger partial charge in [0.1, 0.15) is 5.75 Å². The summed E-state index contributed by atoms with van der Waals surface area (Å²) in [5.41, 5.74) is 7.40. The van der Waals surface area contributed by atoms with Gasteiger partial charge < -0.3 is 15.2 Å². The van der Waals surface area contributed by atoms with Gasteiger partial charge in [0.05, 0.1) is 31.0 Å². The van der Waals surface area contributed by atoms with Gasteiger partial charge in [0.25, 0.3) is 0 Å². The molecule has 0 spiro atoms. The van der Waals surface area contributed by atoms with E-state index in [0.29, 0.717) is 11.6 Å². The number of fused-ring (bicyclic) bond motifs is 1. The second kappa shape index (κ2) is 3.89. The number of aryl methyl sites for hydroxylation is 1. The molecule has 1 heterocycles. The largest absolute Gasteiger partial charge is 0.496 e. The predicted molar refractivity (Wildman–Crippen MR) is 64.0 cm³/mol. The molecule has 0 atom stereocenters. The number of hydrogen-bond acceptors (Lipinski definition) is 4. The first-order valence-electron chi connectivity index (χ1n) is 4.95. The summed E-state index contributed by atoms with van der Waals surface area (Å²) in [6.45, 7) is 1.85. The molecule has 0 aliphatic heterocycles. The number of ether oxygens (including phenoxy) is 2. The quantitative estimate of drug-likeness (QED) is 0.839. The van der Waals surface area contributed by atoms with Crippen LogP contribution in [0.2, 0.25) is 0 Å². The summed E-state index contributed by atoms with van der Waals surface area (Å²) in [7, 11) is 3.22. The van der Waals surface area contributed by atoms with Crippen molar-refractivity contribution in [1.29, 1.82) is 0 Å². The normalized spacial score (nSPS) is 10.4. The fraction of sp³-hybridized carbons (Fsp3) is 0.250. The Morgan fingerprint density at radius 1 is 1.19 bits per heavy atom. The Morgan fingerprint density at radius 3 is 2.56 bits per heavy atom. The average molecular weight is 218 g/mol. The maximum atomic E-state index is 6.02. The van der Waals surface area contributed by atoms with Crippen LogP contribution in [0.15, 0.2) is 18.2 Å². The molecule has 0 radical (unpaired) electrons. The molecule has 16 heavy (non-hydrogen) atoms. The van der Waals surface area contributed by atoms with Gasteiger partial charge >= 0.3 is 0 Å². The third-order valence-corrected chi connectivity index (χ3v) is 2.60. The lowest BCUT2D eigenvalue weighted by molar-refractivity contribution is 0.401. The summed E-state index contributed by atoms with van der Waals surface area (Å²) < 4.78 is 10.5. The third-order valence-electron chi connectivity index (χ3n) is 2.60.